The van der Waals surface area contributed by atoms with E-state index in [1.54, 1.807) is 0 Å². The summed E-state index contributed by atoms with van der Waals surface area (Å²) in [5, 5.41) is 0. The summed E-state index contributed by atoms with van der Waals surface area (Å²) in [6.45, 7) is 4.00. The molecular formula is C44H39N3. The highest BCUT2D eigenvalue weighted by atomic mass is 14.6. The molecule has 6 N–H and O–H groups in total. The van der Waals surface area contributed by atoms with Crippen LogP contribution in [0.2, 0.25) is 0 Å². The molecule has 0 heterocycles. The van der Waals surface area contributed by atoms with Gasteiger partial charge in [0.15, 0.2) is 0 Å². The fraction of sp³-hybridized carbons (Fsp3) is 0.0455. The van der Waals surface area contributed by atoms with Crippen LogP contribution in [0.5, 0.6) is 0 Å². The number of rotatable bonds is 6. The average Bonchev–Trinajstić information content (AvgIpc) is 3.13. The summed E-state index contributed by atoms with van der Waals surface area (Å²) in [4.78, 5) is 0. The van der Waals surface area contributed by atoms with Crippen LogP contribution in [0, 0.1) is 0 Å². The van der Waals surface area contributed by atoms with Crippen LogP contribution >= 0.6 is 0 Å². The molecule has 0 saturated heterocycles. The van der Waals surface area contributed by atoms with E-state index in [4.69, 9.17) is 17.2 Å². The zero-order valence-corrected chi connectivity index (χ0v) is 26.8. The van der Waals surface area contributed by atoms with Gasteiger partial charge in [0.25, 0.3) is 0 Å². The second-order valence-corrected chi connectivity index (χ2v) is 11.4. The van der Waals surface area contributed by atoms with Crippen LogP contribution in [0.15, 0.2) is 164 Å². The molecule has 3 nitrogen and oxygen atoms in total. The van der Waals surface area contributed by atoms with Crippen molar-refractivity contribution in [2.45, 2.75) is 13.8 Å². The minimum Gasteiger partial charge on any atom is -0.399 e. The van der Waals surface area contributed by atoms with Crippen molar-refractivity contribution in [2.75, 3.05) is 17.2 Å². The minimum absolute atomic E-state index is 0.752. The molecule has 0 aliphatic carbocycles. The highest BCUT2D eigenvalue weighted by molar-refractivity contribution is 5.86. The number of para-hydroxylation sites is 1. The van der Waals surface area contributed by atoms with Gasteiger partial charge in [-0.1, -0.05) is 111 Å². The molecule has 230 valence electrons. The molecule has 0 amide bonds. The van der Waals surface area contributed by atoms with Crippen molar-refractivity contribution in [3.8, 4) is 66.8 Å². The average molecular weight is 610 g/mol. The Kier molecular flexibility index (Phi) is 9.17. The molecule has 7 aromatic carbocycles. The number of nitrogen functional groups attached to an aromatic ring is 3. The Morgan fingerprint density at radius 3 is 1.17 bits per heavy atom. The third kappa shape index (κ3) is 6.95. The van der Waals surface area contributed by atoms with Gasteiger partial charge < -0.3 is 17.2 Å². The Balaban J connectivity index is 0.00000190. The third-order valence-corrected chi connectivity index (χ3v) is 8.26. The molecule has 0 saturated carbocycles. The van der Waals surface area contributed by atoms with Crippen molar-refractivity contribution in [2.24, 2.45) is 0 Å². The SMILES string of the molecule is CC.Nc1ccc(-c2cccc(-c3cc(-c4cccc(-c5cccc(N)c5)c4)cc(-c4cccc(-c5ccccc5N)c4)c3)c2)cc1. The molecule has 0 aliphatic heterocycles. The van der Waals surface area contributed by atoms with Gasteiger partial charge >= 0.3 is 0 Å². The van der Waals surface area contributed by atoms with E-state index < -0.39 is 0 Å². The van der Waals surface area contributed by atoms with Crippen LogP contribution in [0.25, 0.3) is 66.8 Å². The van der Waals surface area contributed by atoms with Gasteiger partial charge in [-0.05, 0) is 128 Å². The predicted molar refractivity (Wildman–Crippen MR) is 204 cm³/mol. The van der Waals surface area contributed by atoms with Crippen LogP contribution in [-0.2, 0) is 0 Å². The Labute approximate surface area is 278 Å². The molecule has 0 unspecified atom stereocenters. The molecular weight excluding hydrogens is 571 g/mol. The summed E-state index contributed by atoms with van der Waals surface area (Å²) in [7, 11) is 0. The zero-order valence-electron chi connectivity index (χ0n) is 26.8. The lowest BCUT2D eigenvalue weighted by molar-refractivity contribution is 1.50. The lowest BCUT2D eigenvalue weighted by Gasteiger charge is -2.14. The van der Waals surface area contributed by atoms with Gasteiger partial charge in [0, 0.05) is 22.6 Å². The van der Waals surface area contributed by atoms with Crippen molar-refractivity contribution in [1.82, 2.24) is 0 Å². The van der Waals surface area contributed by atoms with E-state index >= 15 is 0 Å². The van der Waals surface area contributed by atoms with Crippen molar-refractivity contribution >= 4 is 17.1 Å². The standard InChI is InChI=1S/C42H33N3.C2H6/c43-39-19-17-28(18-20-39)29-7-3-9-31(21-29)36-24-37(32-10-4-8-30(22-32)34-12-6-14-40(44)27-34)26-38(25-36)33-11-5-13-35(23-33)41-15-1-2-16-42(41)45;1-2/h1-27H,43-45H2;1-2H3. The highest BCUT2D eigenvalue weighted by Crippen LogP contribution is 2.37. The number of anilines is 3. The smallest absolute Gasteiger partial charge is 0.0393 e. The lowest BCUT2D eigenvalue weighted by atomic mass is 9.90. The van der Waals surface area contributed by atoms with Crippen LogP contribution in [0.3, 0.4) is 0 Å². The summed E-state index contributed by atoms with van der Waals surface area (Å²) in [6, 6.07) is 56.8. The first-order chi connectivity index (χ1) is 23.0. The molecule has 0 bridgehead atoms. The maximum atomic E-state index is 6.37. The van der Waals surface area contributed by atoms with Crippen LogP contribution < -0.4 is 17.2 Å². The van der Waals surface area contributed by atoms with E-state index in [2.05, 4.69) is 115 Å². The fourth-order valence-electron chi connectivity index (χ4n) is 5.90. The summed E-state index contributed by atoms with van der Waals surface area (Å²) in [6.07, 6.45) is 0. The molecule has 0 aromatic heterocycles. The normalized spacial score (nSPS) is 10.6. The topological polar surface area (TPSA) is 78.1 Å². The molecule has 0 atom stereocenters. The van der Waals surface area contributed by atoms with Crippen LogP contribution in [0.4, 0.5) is 17.1 Å². The fourth-order valence-corrected chi connectivity index (χ4v) is 5.90. The molecule has 7 rings (SSSR count). The third-order valence-electron chi connectivity index (χ3n) is 8.26. The maximum Gasteiger partial charge on any atom is 0.0393 e. The second kappa shape index (κ2) is 13.9. The molecule has 7 aromatic rings. The second-order valence-electron chi connectivity index (χ2n) is 11.4. The van der Waals surface area contributed by atoms with Crippen molar-refractivity contribution < 1.29 is 0 Å². The maximum absolute atomic E-state index is 6.37. The van der Waals surface area contributed by atoms with Crippen molar-refractivity contribution in [3.63, 3.8) is 0 Å². The van der Waals surface area contributed by atoms with E-state index in [0.29, 0.717) is 0 Å². The Morgan fingerprint density at radius 2 is 0.660 bits per heavy atom. The zero-order chi connectivity index (χ0) is 32.8. The van der Waals surface area contributed by atoms with Crippen molar-refractivity contribution in [3.05, 3.63) is 164 Å². The first kappa shape index (κ1) is 30.9. The van der Waals surface area contributed by atoms with Gasteiger partial charge in [-0.25, -0.2) is 0 Å². The van der Waals surface area contributed by atoms with Gasteiger partial charge in [0.1, 0.15) is 0 Å². The van der Waals surface area contributed by atoms with Crippen LogP contribution in [0.1, 0.15) is 13.8 Å². The van der Waals surface area contributed by atoms with E-state index in [1.165, 1.54) is 0 Å². The minimum atomic E-state index is 0.752. The Morgan fingerprint density at radius 1 is 0.277 bits per heavy atom. The quantitative estimate of drug-likeness (QED) is 0.164. The van der Waals surface area contributed by atoms with Gasteiger partial charge in [-0.2, -0.15) is 0 Å². The Hall–Kier alpha value is -6.06. The van der Waals surface area contributed by atoms with Gasteiger partial charge in [0.2, 0.25) is 0 Å². The molecule has 0 radical (unpaired) electrons. The van der Waals surface area contributed by atoms with E-state index in [0.717, 1.165) is 83.8 Å². The molecule has 0 fully saturated rings. The lowest BCUT2D eigenvalue weighted by Crippen LogP contribution is -1.91. The highest BCUT2D eigenvalue weighted by Gasteiger charge is 2.11. The first-order valence-electron chi connectivity index (χ1n) is 16.0. The molecule has 0 spiro atoms. The summed E-state index contributed by atoms with van der Waals surface area (Å²) >= 11 is 0. The monoisotopic (exact) mass is 609 g/mol. The molecule has 3 heteroatoms. The van der Waals surface area contributed by atoms with Gasteiger partial charge in [0.05, 0.1) is 0 Å². The van der Waals surface area contributed by atoms with Crippen LogP contribution in [-0.4, -0.2) is 0 Å². The van der Waals surface area contributed by atoms with Crippen molar-refractivity contribution in [1.29, 1.82) is 0 Å². The first-order valence-corrected chi connectivity index (χ1v) is 16.0. The predicted octanol–water partition coefficient (Wildman–Crippen LogP) is 11.5. The molecule has 0 aliphatic rings. The van der Waals surface area contributed by atoms with Gasteiger partial charge in [-0.3, -0.25) is 0 Å². The number of nitrogens with two attached hydrogens (primary N) is 3. The summed E-state index contributed by atoms with van der Waals surface area (Å²) in [5.41, 5.74) is 34.2. The number of hydrogen-bond acceptors (Lipinski definition) is 3. The summed E-state index contributed by atoms with van der Waals surface area (Å²) in [5.74, 6) is 0. The van der Waals surface area contributed by atoms with E-state index in [1.807, 2.05) is 62.4 Å². The Bertz CT molecular complexity index is 2140. The number of hydrogen-bond donors (Lipinski definition) is 3. The van der Waals surface area contributed by atoms with E-state index in [-0.39, 0.29) is 0 Å². The largest absolute Gasteiger partial charge is 0.399 e. The number of benzene rings is 7. The summed E-state index contributed by atoms with van der Waals surface area (Å²) < 4.78 is 0. The van der Waals surface area contributed by atoms with E-state index in [9.17, 15) is 0 Å². The molecule has 47 heavy (non-hydrogen) atoms. The van der Waals surface area contributed by atoms with Gasteiger partial charge in [-0.15, -0.1) is 0 Å².